The molecule has 4 heteroatoms. The number of hydrogen-bond acceptors (Lipinski definition) is 2. The van der Waals surface area contributed by atoms with Gasteiger partial charge in [-0.05, 0) is 35.9 Å². The Balaban J connectivity index is 1.83. The highest BCUT2D eigenvalue weighted by Crippen LogP contribution is 2.70. The van der Waals surface area contributed by atoms with Gasteiger partial charge in [0.15, 0.2) is 7.28 Å². The Labute approximate surface area is 157 Å². The largest absolute Gasteiger partial charge is 0.405 e. The van der Waals surface area contributed by atoms with Gasteiger partial charge >= 0.3 is 0 Å². The van der Waals surface area contributed by atoms with Crippen LogP contribution < -0.4 is 10.6 Å². The second kappa shape index (κ2) is 6.70. The number of rotatable bonds is 5. The molecule has 2 aromatic rings. The fourth-order valence-electron chi connectivity index (χ4n) is 5.71. The first-order valence-corrected chi connectivity index (χ1v) is 11.6. The topological polar surface area (TPSA) is 37.3 Å². The van der Waals surface area contributed by atoms with Crippen molar-refractivity contribution >= 4 is 25.0 Å². The van der Waals surface area contributed by atoms with Crippen molar-refractivity contribution in [3.63, 3.8) is 0 Å². The van der Waals surface area contributed by atoms with E-state index < -0.39 is 7.14 Å². The molecule has 3 saturated carbocycles. The SMILES string of the molecule is CC1(C)C2CC1[C@@H](BCO)[C@H](P(=O)(c1ccccc1)c1ccccc1)C2. The highest BCUT2D eigenvalue weighted by Gasteiger charge is 2.60. The van der Waals surface area contributed by atoms with Crippen LogP contribution in [0.25, 0.3) is 0 Å². The summed E-state index contributed by atoms with van der Waals surface area (Å²) in [5.41, 5.74) is 0.449. The summed E-state index contributed by atoms with van der Waals surface area (Å²) in [5, 5.41) is 11.7. The summed E-state index contributed by atoms with van der Waals surface area (Å²) in [6.07, 6.45) is 2.24. The zero-order chi connectivity index (χ0) is 18.4. The Morgan fingerprint density at radius 3 is 2.00 bits per heavy atom. The summed E-state index contributed by atoms with van der Waals surface area (Å²) in [6, 6.07) is 20.1. The van der Waals surface area contributed by atoms with Crippen molar-refractivity contribution in [1.82, 2.24) is 0 Å². The molecule has 3 aliphatic rings. The van der Waals surface area contributed by atoms with Crippen molar-refractivity contribution < 1.29 is 9.67 Å². The molecule has 0 radical (unpaired) electrons. The number of hydrogen-bond donors (Lipinski definition) is 1. The highest BCUT2D eigenvalue weighted by molar-refractivity contribution is 7.79. The van der Waals surface area contributed by atoms with Crippen LogP contribution in [0.3, 0.4) is 0 Å². The van der Waals surface area contributed by atoms with Gasteiger partial charge in [0.1, 0.15) is 7.14 Å². The third kappa shape index (κ3) is 2.63. The molecule has 2 bridgehead atoms. The average molecular weight is 366 g/mol. The van der Waals surface area contributed by atoms with Gasteiger partial charge in [-0.3, -0.25) is 0 Å². The summed E-state index contributed by atoms with van der Waals surface area (Å²) in [5.74, 6) is 1.54. The molecule has 0 aliphatic heterocycles. The Morgan fingerprint density at radius 1 is 1.00 bits per heavy atom. The lowest BCUT2D eigenvalue weighted by atomic mass is 9.38. The number of fused-ring (bicyclic) bond motifs is 2. The van der Waals surface area contributed by atoms with Gasteiger partial charge in [0.25, 0.3) is 0 Å². The molecule has 0 aromatic heterocycles. The zero-order valence-electron chi connectivity index (χ0n) is 15.7. The molecular formula is C22H28BO2P. The fourth-order valence-corrected chi connectivity index (χ4v) is 9.45. The van der Waals surface area contributed by atoms with Crippen LogP contribution in [0.2, 0.25) is 5.82 Å². The van der Waals surface area contributed by atoms with Crippen LogP contribution in [0.4, 0.5) is 0 Å². The summed E-state index contributed by atoms with van der Waals surface area (Å²) < 4.78 is 14.8. The van der Waals surface area contributed by atoms with Crippen molar-refractivity contribution in [2.75, 3.05) is 6.51 Å². The van der Waals surface area contributed by atoms with Crippen molar-refractivity contribution in [1.29, 1.82) is 0 Å². The predicted molar refractivity (Wildman–Crippen MR) is 112 cm³/mol. The summed E-state index contributed by atoms with van der Waals surface area (Å²) in [7, 11) is -2.00. The molecule has 4 atom stereocenters. The molecule has 3 aliphatic carbocycles. The van der Waals surface area contributed by atoms with E-state index >= 15 is 0 Å². The maximum Gasteiger partial charge on any atom is 0.157 e. The van der Waals surface area contributed by atoms with E-state index in [1.165, 1.54) is 6.42 Å². The van der Waals surface area contributed by atoms with E-state index in [1.54, 1.807) is 0 Å². The first kappa shape index (κ1) is 18.1. The van der Waals surface area contributed by atoms with Gasteiger partial charge in [0.2, 0.25) is 0 Å². The van der Waals surface area contributed by atoms with Crippen LogP contribution in [0.15, 0.2) is 60.7 Å². The highest BCUT2D eigenvalue weighted by atomic mass is 31.2. The maximum atomic E-state index is 14.8. The summed E-state index contributed by atoms with van der Waals surface area (Å²) in [4.78, 5) is 0. The molecule has 26 heavy (non-hydrogen) atoms. The molecule has 0 saturated heterocycles. The first-order valence-electron chi connectivity index (χ1n) is 9.81. The Kier molecular flexibility index (Phi) is 4.65. The molecule has 136 valence electrons. The molecule has 3 fully saturated rings. The molecule has 0 spiro atoms. The number of aliphatic hydroxyl groups excluding tert-OH is 1. The van der Waals surface area contributed by atoms with Crippen LogP contribution in [0, 0.1) is 17.3 Å². The Morgan fingerprint density at radius 2 is 1.54 bits per heavy atom. The van der Waals surface area contributed by atoms with E-state index in [-0.39, 0.29) is 12.2 Å². The van der Waals surface area contributed by atoms with Gasteiger partial charge < -0.3 is 9.67 Å². The minimum Gasteiger partial charge on any atom is -0.405 e. The van der Waals surface area contributed by atoms with Gasteiger partial charge in [0, 0.05) is 22.8 Å². The number of benzene rings is 2. The third-order valence-corrected chi connectivity index (χ3v) is 11.0. The van der Waals surface area contributed by atoms with Crippen LogP contribution in [-0.4, -0.2) is 24.6 Å². The van der Waals surface area contributed by atoms with Crippen LogP contribution >= 0.6 is 7.14 Å². The van der Waals surface area contributed by atoms with Gasteiger partial charge in [-0.25, -0.2) is 0 Å². The lowest BCUT2D eigenvalue weighted by Gasteiger charge is -2.63. The average Bonchev–Trinajstić information content (AvgIpc) is 2.68. The van der Waals surface area contributed by atoms with Crippen LogP contribution in [0.5, 0.6) is 0 Å². The summed E-state index contributed by atoms with van der Waals surface area (Å²) >= 11 is 0. The summed E-state index contributed by atoms with van der Waals surface area (Å²) in [6.45, 7) is 4.91. The van der Waals surface area contributed by atoms with Crippen molar-refractivity contribution in [2.24, 2.45) is 17.3 Å². The van der Waals surface area contributed by atoms with E-state index in [0.29, 0.717) is 23.1 Å². The van der Waals surface area contributed by atoms with Gasteiger partial charge in [-0.2, -0.15) is 0 Å². The van der Waals surface area contributed by atoms with Crippen LogP contribution in [-0.2, 0) is 4.57 Å². The zero-order valence-corrected chi connectivity index (χ0v) is 16.6. The van der Waals surface area contributed by atoms with Crippen molar-refractivity contribution in [3.8, 4) is 0 Å². The van der Waals surface area contributed by atoms with Crippen molar-refractivity contribution in [3.05, 3.63) is 60.7 Å². The molecular weight excluding hydrogens is 338 g/mol. The molecule has 0 heterocycles. The van der Waals surface area contributed by atoms with Gasteiger partial charge in [-0.15, -0.1) is 0 Å². The van der Waals surface area contributed by atoms with Crippen LogP contribution in [0.1, 0.15) is 26.7 Å². The monoisotopic (exact) mass is 366 g/mol. The molecule has 0 amide bonds. The fraction of sp³-hybridized carbons (Fsp3) is 0.455. The van der Waals surface area contributed by atoms with E-state index in [1.807, 2.05) is 60.7 Å². The lowest BCUT2D eigenvalue weighted by molar-refractivity contribution is -0.0627. The molecule has 2 aromatic carbocycles. The molecule has 1 N–H and O–H groups in total. The van der Waals surface area contributed by atoms with Crippen molar-refractivity contribution in [2.45, 2.75) is 38.2 Å². The minimum absolute atomic E-state index is 0.135. The van der Waals surface area contributed by atoms with E-state index in [0.717, 1.165) is 24.3 Å². The normalized spacial score (nSPS) is 29.7. The first-order chi connectivity index (χ1) is 12.5. The minimum atomic E-state index is -2.76. The van der Waals surface area contributed by atoms with E-state index in [2.05, 4.69) is 13.8 Å². The quantitative estimate of drug-likeness (QED) is 0.649. The van der Waals surface area contributed by atoms with E-state index in [4.69, 9.17) is 0 Å². The number of aliphatic hydroxyl groups is 1. The van der Waals surface area contributed by atoms with Gasteiger partial charge in [0.05, 0.1) is 0 Å². The molecule has 2 nitrogen and oxygen atoms in total. The standard InChI is InChI=1S/C22H28BO2P/c1-22(2)16-13-19(22)21(23-15-24)20(14-16)26(25,17-9-5-3-6-10-17)18-11-7-4-8-12-18/h3-12,16,19-21,23-24H,13-15H2,1-2H3/t16?,19?,20-,21-/m1/s1. The van der Waals surface area contributed by atoms with Gasteiger partial charge in [-0.1, -0.05) is 74.5 Å². The lowest BCUT2D eigenvalue weighted by Crippen LogP contribution is -2.57. The predicted octanol–water partition coefficient (Wildman–Crippen LogP) is 3.61. The smallest absolute Gasteiger partial charge is 0.157 e. The molecule has 5 rings (SSSR count). The third-order valence-electron chi connectivity index (χ3n) is 7.29. The molecule has 2 unspecified atom stereocenters. The maximum absolute atomic E-state index is 14.8. The second-order valence-electron chi connectivity index (χ2n) is 8.67. The Bertz CT molecular complexity index is 762. The second-order valence-corrected chi connectivity index (χ2v) is 11.7. The van der Waals surface area contributed by atoms with E-state index in [9.17, 15) is 9.67 Å². The Hall–Kier alpha value is -1.31.